The van der Waals surface area contributed by atoms with Gasteiger partial charge in [0.1, 0.15) is 11.5 Å². The summed E-state index contributed by atoms with van der Waals surface area (Å²) in [6, 6.07) is 16.7. The molecule has 2 aromatic carbocycles. The van der Waals surface area contributed by atoms with Crippen molar-refractivity contribution in [1.29, 1.82) is 0 Å². The highest BCUT2D eigenvalue weighted by atomic mass is 32.2. The van der Waals surface area contributed by atoms with Crippen molar-refractivity contribution < 1.29 is 13.2 Å². The lowest BCUT2D eigenvalue weighted by Crippen LogP contribution is -2.32. The fourth-order valence-corrected chi connectivity index (χ4v) is 2.99. The molecule has 2 aromatic rings. The second-order valence-corrected chi connectivity index (χ2v) is 9.63. The van der Waals surface area contributed by atoms with Crippen molar-refractivity contribution in [1.82, 2.24) is 0 Å². The van der Waals surface area contributed by atoms with E-state index in [1.807, 2.05) is 48.5 Å². The molecule has 0 unspecified atom stereocenters. The molecule has 0 aliphatic carbocycles. The van der Waals surface area contributed by atoms with Crippen LogP contribution in [-0.4, -0.2) is 31.4 Å². The van der Waals surface area contributed by atoms with Gasteiger partial charge in [0.25, 0.3) is 0 Å². The number of nitrogens with one attached hydrogen (secondary N) is 1. The second kappa shape index (κ2) is 8.23. The van der Waals surface area contributed by atoms with Crippen LogP contribution in [0.1, 0.15) is 20.8 Å². The predicted octanol–water partition coefficient (Wildman–Crippen LogP) is 3.42. The first-order valence-electron chi connectivity index (χ1n) is 8.29. The predicted molar refractivity (Wildman–Crippen MR) is 107 cm³/mol. The van der Waals surface area contributed by atoms with E-state index in [-0.39, 0.29) is 18.3 Å². The molecule has 26 heavy (non-hydrogen) atoms. The minimum absolute atomic E-state index is 0.0456. The summed E-state index contributed by atoms with van der Waals surface area (Å²) in [7, 11) is -3.22. The van der Waals surface area contributed by atoms with Crippen molar-refractivity contribution in [3.8, 4) is 11.5 Å². The summed E-state index contributed by atoms with van der Waals surface area (Å²) < 4.78 is 29.1. The molecule has 0 heterocycles. The molecule has 140 valence electrons. The largest absolute Gasteiger partial charge is 0.457 e. The van der Waals surface area contributed by atoms with Crippen molar-refractivity contribution in [3.63, 3.8) is 0 Å². The first-order chi connectivity index (χ1) is 12.2. The van der Waals surface area contributed by atoms with Gasteiger partial charge in [0.05, 0.1) is 17.0 Å². The van der Waals surface area contributed by atoms with Gasteiger partial charge in [0, 0.05) is 11.8 Å². The number of rotatable bonds is 6. The van der Waals surface area contributed by atoms with Crippen LogP contribution in [0.15, 0.2) is 59.6 Å². The third-order valence-corrected chi connectivity index (χ3v) is 6.25. The van der Waals surface area contributed by atoms with E-state index in [0.717, 1.165) is 5.75 Å². The van der Waals surface area contributed by atoms with E-state index < -0.39 is 14.6 Å². The summed E-state index contributed by atoms with van der Waals surface area (Å²) in [4.78, 5) is 4.10. The summed E-state index contributed by atoms with van der Waals surface area (Å²) in [6.45, 7) is 5.13. The molecular formula is C19H25N3O3S. The number of nitrogens with two attached hydrogens (primary N) is 1. The zero-order valence-corrected chi connectivity index (χ0v) is 16.1. The molecule has 0 saturated heterocycles. The lowest BCUT2D eigenvalue weighted by molar-refractivity contribution is 0.483. The lowest BCUT2D eigenvalue weighted by Gasteiger charge is -2.18. The molecule has 0 bridgehead atoms. The molecule has 0 spiro atoms. The molecule has 0 aliphatic rings. The van der Waals surface area contributed by atoms with Crippen molar-refractivity contribution in [2.45, 2.75) is 25.5 Å². The van der Waals surface area contributed by atoms with Crippen molar-refractivity contribution in [3.05, 3.63) is 54.6 Å². The van der Waals surface area contributed by atoms with Crippen LogP contribution in [0.2, 0.25) is 0 Å². The SMILES string of the molecule is CC(C)(C)S(=O)(=O)CCN=C(N)Nc1cccc(Oc2ccccc2)c1. The number of guanidine groups is 1. The Morgan fingerprint density at radius 2 is 1.73 bits per heavy atom. The van der Waals surface area contributed by atoms with E-state index in [4.69, 9.17) is 10.5 Å². The van der Waals surface area contributed by atoms with E-state index in [0.29, 0.717) is 11.4 Å². The zero-order valence-electron chi connectivity index (χ0n) is 15.3. The molecule has 3 N–H and O–H groups in total. The van der Waals surface area contributed by atoms with Gasteiger partial charge in [0.2, 0.25) is 0 Å². The van der Waals surface area contributed by atoms with Crippen LogP contribution in [0, 0.1) is 0 Å². The third kappa shape index (κ3) is 5.77. The molecule has 0 radical (unpaired) electrons. The number of hydrogen-bond donors (Lipinski definition) is 2. The summed E-state index contributed by atoms with van der Waals surface area (Å²) in [5, 5.41) is 2.95. The second-order valence-electron chi connectivity index (χ2n) is 6.77. The molecule has 2 rings (SSSR count). The van der Waals surface area contributed by atoms with E-state index >= 15 is 0 Å². The zero-order chi connectivity index (χ0) is 19.2. The minimum Gasteiger partial charge on any atom is -0.457 e. The molecule has 0 amide bonds. The highest BCUT2D eigenvalue weighted by Crippen LogP contribution is 2.23. The van der Waals surface area contributed by atoms with Crippen LogP contribution in [0.3, 0.4) is 0 Å². The monoisotopic (exact) mass is 375 g/mol. The minimum atomic E-state index is -3.22. The van der Waals surface area contributed by atoms with Crippen LogP contribution in [0.4, 0.5) is 5.69 Å². The molecule has 0 aromatic heterocycles. The Labute approximate surface area is 155 Å². The number of para-hydroxylation sites is 1. The molecule has 7 heteroatoms. The van der Waals surface area contributed by atoms with Gasteiger partial charge in [-0.05, 0) is 45.0 Å². The van der Waals surface area contributed by atoms with E-state index in [1.165, 1.54) is 0 Å². The average molecular weight is 375 g/mol. The smallest absolute Gasteiger partial charge is 0.193 e. The number of benzene rings is 2. The van der Waals surface area contributed by atoms with Crippen molar-refractivity contribution in [2.24, 2.45) is 10.7 Å². The number of hydrogen-bond acceptors (Lipinski definition) is 4. The third-order valence-electron chi connectivity index (χ3n) is 3.66. The Balaban J connectivity index is 1.96. The Morgan fingerprint density at radius 3 is 2.38 bits per heavy atom. The number of ether oxygens (including phenoxy) is 1. The Kier molecular flexibility index (Phi) is 6.26. The number of sulfone groups is 1. The van der Waals surface area contributed by atoms with Gasteiger partial charge < -0.3 is 15.8 Å². The van der Waals surface area contributed by atoms with Crippen LogP contribution in [0.5, 0.6) is 11.5 Å². The maximum Gasteiger partial charge on any atom is 0.193 e. The first-order valence-corrected chi connectivity index (χ1v) is 9.95. The summed E-state index contributed by atoms with van der Waals surface area (Å²) in [5.41, 5.74) is 6.56. The van der Waals surface area contributed by atoms with E-state index in [1.54, 1.807) is 26.8 Å². The highest BCUT2D eigenvalue weighted by molar-refractivity contribution is 7.92. The fraction of sp³-hybridized carbons (Fsp3) is 0.316. The standard InChI is InChI=1S/C19H25N3O3S/c1-19(2,3)26(23,24)13-12-21-18(20)22-15-8-7-11-17(14-15)25-16-9-5-4-6-10-16/h4-11,14H,12-13H2,1-3H3,(H3,20,21,22). The number of aliphatic imine (C=N–C) groups is 1. The van der Waals surface area contributed by atoms with Crippen LogP contribution < -0.4 is 15.8 Å². The van der Waals surface area contributed by atoms with E-state index in [2.05, 4.69) is 10.3 Å². The Morgan fingerprint density at radius 1 is 1.08 bits per heavy atom. The van der Waals surface area contributed by atoms with Crippen LogP contribution in [0.25, 0.3) is 0 Å². The molecule has 0 aliphatic heterocycles. The molecule has 0 fully saturated rings. The van der Waals surface area contributed by atoms with Crippen molar-refractivity contribution >= 4 is 21.5 Å². The highest BCUT2D eigenvalue weighted by Gasteiger charge is 2.28. The van der Waals surface area contributed by atoms with Gasteiger partial charge in [-0.3, -0.25) is 4.99 Å². The first kappa shape index (κ1) is 19.8. The maximum atomic E-state index is 12.1. The van der Waals surface area contributed by atoms with Crippen LogP contribution in [-0.2, 0) is 9.84 Å². The topological polar surface area (TPSA) is 93.8 Å². The van der Waals surface area contributed by atoms with Gasteiger partial charge in [-0.15, -0.1) is 0 Å². The maximum absolute atomic E-state index is 12.1. The summed E-state index contributed by atoms with van der Waals surface area (Å²) in [5.74, 6) is 1.50. The van der Waals surface area contributed by atoms with Gasteiger partial charge >= 0.3 is 0 Å². The summed E-state index contributed by atoms with van der Waals surface area (Å²) >= 11 is 0. The number of anilines is 1. The van der Waals surface area contributed by atoms with Crippen molar-refractivity contribution in [2.75, 3.05) is 17.6 Å². The Hall–Kier alpha value is -2.54. The molecule has 0 atom stereocenters. The fourth-order valence-electron chi connectivity index (χ4n) is 2.04. The Bertz CT molecular complexity index is 857. The number of nitrogens with zero attached hydrogens (tertiary/aromatic N) is 1. The normalized spacial score (nSPS) is 12.7. The summed E-state index contributed by atoms with van der Waals surface area (Å²) in [6.07, 6.45) is 0. The molecular weight excluding hydrogens is 350 g/mol. The average Bonchev–Trinajstić information content (AvgIpc) is 2.55. The van der Waals surface area contributed by atoms with Gasteiger partial charge in [0.15, 0.2) is 15.8 Å². The quantitative estimate of drug-likeness (QED) is 0.596. The van der Waals surface area contributed by atoms with Crippen LogP contribution >= 0.6 is 0 Å². The molecule has 6 nitrogen and oxygen atoms in total. The lowest BCUT2D eigenvalue weighted by atomic mass is 10.3. The van der Waals surface area contributed by atoms with Gasteiger partial charge in [-0.25, -0.2) is 8.42 Å². The van der Waals surface area contributed by atoms with E-state index in [9.17, 15) is 8.42 Å². The van der Waals surface area contributed by atoms with Gasteiger partial charge in [-0.2, -0.15) is 0 Å². The molecule has 0 saturated carbocycles. The van der Waals surface area contributed by atoms with Gasteiger partial charge in [-0.1, -0.05) is 24.3 Å².